The SMILES string of the molecule is COC(=O)CNc1nc2c(C)c3nc(NCC(=O)OC)sc3cc2s1. The van der Waals surface area contributed by atoms with Crippen molar-refractivity contribution in [3.8, 4) is 0 Å². The van der Waals surface area contributed by atoms with Crippen LogP contribution in [0.5, 0.6) is 0 Å². The Morgan fingerprint density at radius 2 is 1.40 bits per heavy atom. The lowest BCUT2D eigenvalue weighted by atomic mass is 10.2. The number of aromatic nitrogens is 2. The van der Waals surface area contributed by atoms with E-state index in [1.165, 1.54) is 36.9 Å². The van der Waals surface area contributed by atoms with Crippen LogP contribution in [-0.2, 0) is 19.1 Å². The zero-order valence-electron chi connectivity index (χ0n) is 13.8. The molecule has 3 aromatic rings. The maximum atomic E-state index is 11.2. The summed E-state index contributed by atoms with van der Waals surface area (Å²) in [6, 6.07) is 2.01. The highest BCUT2D eigenvalue weighted by atomic mass is 32.1. The predicted octanol–water partition coefficient (Wildman–Crippen LogP) is 2.38. The van der Waals surface area contributed by atoms with Gasteiger partial charge >= 0.3 is 11.9 Å². The van der Waals surface area contributed by atoms with Crippen molar-refractivity contribution in [2.45, 2.75) is 6.92 Å². The summed E-state index contributed by atoms with van der Waals surface area (Å²) in [4.78, 5) is 31.5. The topological polar surface area (TPSA) is 102 Å². The second-order valence-electron chi connectivity index (χ2n) is 5.09. The Labute approximate surface area is 151 Å². The van der Waals surface area contributed by atoms with Crippen LogP contribution in [0.4, 0.5) is 10.3 Å². The highest BCUT2D eigenvalue weighted by Gasteiger charge is 2.15. The second kappa shape index (κ2) is 7.19. The Morgan fingerprint density at radius 1 is 0.960 bits per heavy atom. The number of hydrogen-bond acceptors (Lipinski definition) is 10. The van der Waals surface area contributed by atoms with E-state index in [0.29, 0.717) is 10.3 Å². The van der Waals surface area contributed by atoms with E-state index in [1.807, 2.05) is 13.0 Å². The average Bonchev–Trinajstić information content (AvgIpc) is 3.21. The van der Waals surface area contributed by atoms with E-state index < -0.39 is 0 Å². The van der Waals surface area contributed by atoms with Crippen LogP contribution in [-0.4, -0.2) is 49.2 Å². The van der Waals surface area contributed by atoms with Crippen LogP contribution in [0.3, 0.4) is 0 Å². The van der Waals surface area contributed by atoms with Crippen molar-refractivity contribution in [1.29, 1.82) is 0 Å². The minimum absolute atomic E-state index is 0.0730. The first-order chi connectivity index (χ1) is 12.0. The lowest BCUT2D eigenvalue weighted by Crippen LogP contribution is -2.14. The largest absolute Gasteiger partial charge is 0.468 e. The van der Waals surface area contributed by atoms with Gasteiger partial charge in [-0.3, -0.25) is 9.59 Å². The number of aryl methyl sites for hydroxylation is 1. The summed E-state index contributed by atoms with van der Waals surface area (Å²) in [7, 11) is 2.69. The molecular formula is C15H16N4O4S2. The maximum Gasteiger partial charge on any atom is 0.325 e. The van der Waals surface area contributed by atoms with Crippen molar-refractivity contribution in [2.75, 3.05) is 37.9 Å². The Bertz CT molecular complexity index is 877. The molecule has 0 aliphatic carbocycles. The number of rotatable bonds is 6. The van der Waals surface area contributed by atoms with Crippen LogP contribution in [0, 0.1) is 6.92 Å². The van der Waals surface area contributed by atoms with Crippen molar-refractivity contribution in [3.05, 3.63) is 11.6 Å². The number of hydrogen-bond donors (Lipinski definition) is 2. The van der Waals surface area contributed by atoms with Gasteiger partial charge in [-0.15, -0.1) is 0 Å². The minimum Gasteiger partial charge on any atom is -0.468 e. The van der Waals surface area contributed by atoms with Crippen molar-refractivity contribution >= 4 is 65.3 Å². The Kier molecular flexibility index (Phi) is 5.00. The molecule has 0 atom stereocenters. The molecule has 0 aliphatic rings. The molecule has 2 heterocycles. The summed E-state index contributed by atoms with van der Waals surface area (Å²) in [5.74, 6) is -0.695. The van der Waals surface area contributed by atoms with Gasteiger partial charge in [0.05, 0.1) is 34.7 Å². The average molecular weight is 380 g/mol. The van der Waals surface area contributed by atoms with E-state index in [0.717, 1.165) is 26.0 Å². The van der Waals surface area contributed by atoms with E-state index in [1.54, 1.807) is 0 Å². The second-order valence-corrected chi connectivity index (χ2v) is 7.15. The maximum absolute atomic E-state index is 11.2. The Morgan fingerprint density at radius 3 is 1.80 bits per heavy atom. The molecule has 10 heteroatoms. The van der Waals surface area contributed by atoms with E-state index in [-0.39, 0.29) is 25.0 Å². The van der Waals surface area contributed by atoms with Crippen LogP contribution >= 0.6 is 22.7 Å². The fourth-order valence-electron chi connectivity index (χ4n) is 2.22. The van der Waals surface area contributed by atoms with Gasteiger partial charge in [0.25, 0.3) is 0 Å². The normalized spacial score (nSPS) is 10.8. The molecule has 0 fully saturated rings. The van der Waals surface area contributed by atoms with Gasteiger partial charge in [-0.05, 0) is 13.0 Å². The first-order valence-electron chi connectivity index (χ1n) is 7.34. The van der Waals surface area contributed by atoms with Crippen molar-refractivity contribution in [3.63, 3.8) is 0 Å². The molecule has 25 heavy (non-hydrogen) atoms. The number of esters is 2. The molecule has 8 nitrogen and oxygen atoms in total. The number of ether oxygens (including phenoxy) is 2. The number of anilines is 2. The zero-order valence-corrected chi connectivity index (χ0v) is 15.5. The lowest BCUT2D eigenvalue weighted by Gasteiger charge is -1.99. The number of nitrogens with zero attached hydrogens (tertiary/aromatic N) is 2. The molecule has 3 rings (SSSR count). The van der Waals surface area contributed by atoms with E-state index in [4.69, 9.17) is 0 Å². The molecule has 0 aliphatic heterocycles. The Hall–Kier alpha value is -2.46. The number of carbonyl (C=O) groups excluding carboxylic acids is 2. The molecule has 1 aromatic carbocycles. The van der Waals surface area contributed by atoms with Gasteiger partial charge in [-0.1, -0.05) is 22.7 Å². The molecular weight excluding hydrogens is 364 g/mol. The summed E-state index contributed by atoms with van der Waals surface area (Å²) >= 11 is 2.93. The highest BCUT2D eigenvalue weighted by molar-refractivity contribution is 7.24. The summed E-state index contributed by atoms with van der Waals surface area (Å²) in [5, 5.41) is 7.24. The quantitative estimate of drug-likeness (QED) is 0.629. The zero-order chi connectivity index (χ0) is 18.0. The van der Waals surface area contributed by atoms with Gasteiger partial charge in [-0.2, -0.15) is 0 Å². The predicted molar refractivity (Wildman–Crippen MR) is 98.5 cm³/mol. The fourth-order valence-corrected chi connectivity index (χ4v) is 4.22. The van der Waals surface area contributed by atoms with E-state index in [9.17, 15) is 9.59 Å². The smallest absolute Gasteiger partial charge is 0.325 e. The molecule has 132 valence electrons. The number of carbonyl (C=O) groups is 2. The Balaban J connectivity index is 1.87. The van der Waals surface area contributed by atoms with Crippen LogP contribution < -0.4 is 10.6 Å². The summed E-state index contributed by atoms with van der Waals surface area (Å²) in [5.41, 5.74) is 2.64. The molecule has 0 saturated carbocycles. The molecule has 0 bridgehead atoms. The lowest BCUT2D eigenvalue weighted by molar-refractivity contribution is -0.139. The van der Waals surface area contributed by atoms with E-state index >= 15 is 0 Å². The summed E-state index contributed by atoms with van der Waals surface area (Å²) in [6.45, 7) is 2.10. The number of fused-ring (bicyclic) bond motifs is 2. The van der Waals surface area contributed by atoms with Gasteiger partial charge in [-0.25, -0.2) is 9.97 Å². The number of methoxy groups -OCH3 is 2. The number of thiazole rings is 2. The molecule has 0 amide bonds. The molecule has 2 aromatic heterocycles. The summed E-state index contributed by atoms with van der Waals surface area (Å²) < 4.78 is 11.2. The third kappa shape index (κ3) is 3.64. The number of nitrogens with one attached hydrogen (secondary N) is 2. The molecule has 0 spiro atoms. The highest BCUT2D eigenvalue weighted by Crippen LogP contribution is 2.36. The number of benzene rings is 1. The molecule has 0 radical (unpaired) electrons. The van der Waals surface area contributed by atoms with Crippen LogP contribution in [0.2, 0.25) is 0 Å². The van der Waals surface area contributed by atoms with Crippen LogP contribution in [0.1, 0.15) is 5.56 Å². The molecule has 0 saturated heterocycles. The van der Waals surface area contributed by atoms with Gasteiger partial charge in [0.2, 0.25) is 0 Å². The summed E-state index contributed by atoms with van der Waals surface area (Å²) in [6.07, 6.45) is 0. The van der Waals surface area contributed by atoms with Crippen LogP contribution in [0.25, 0.3) is 20.4 Å². The first-order valence-corrected chi connectivity index (χ1v) is 8.97. The van der Waals surface area contributed by atoms with Crippen LogP contribution in [0.15, 0.2) is 6.07 Å². The fraction of sp³-hybridized carbons (Fsp3) is 0.333. The van der Waals surface area contributed by atoms with Crippen molar-refractivity contribution in [2.24, 2.45) is 0 Å². The molecule has 2 N–H and O–H groups in total. The van der Waals surface area contributed by atoms with Gasteiger partial charge < -0.3 is 20.1 Å². The van der Waals surface area contributed by atoms with E-state index in [2.05, 4.69) is 30.1 Å². The first kappa shape index (κ1) is 17.4. The van der Waals surface area contributed by atoms with Crippen molar-refractivity contribution < 1.29 is 19.1 Å². The van der Waals surface area contributed by atoms with Crippen molar-refractivity contribution in [1.82, 2.24) is 9.97 Å². The van der Waals surface area contributed by atoms with Gasteiger partial charge in [0, 0.05) is 5.56 Å². The monoisotopic (exact) mass is 380 g/mol. The molecule has 0 unspecified atom stereocenters. The third-order valence-electron chi connectivity index (χ3n) is 3.50. The minimum atomic E-state index is -0.347. The third-order valence-corrected chi connectivity index (χ3v) is 5.42. The standard InChI is InChI=1S/C15H16N4O4S2/c1-7-12-8(24-14(18-12)16-5-10(20)22-2)4-9-13(7)19-15(25-9)17-6-11(21)23-3/h4H,5-6H2,1-3H3,(H,16,18)(H,17,19). The van der Waals surface area contributed by atoms with Gasteiger partial charge in [0.15, 0.2) is 10.3 Å². The van der Waals surface area contributed by atoms with Gasteiger partial charge in [0.1, 0.15) is 13.1 Å².